The van der Waals surface area contributed by atoms with E-state index in [0.717, 1.165) is 25.0 Å². The average molecular weight is 322 g/mol. The molecule has 0 radical (unpaired) electrons. The first-order valence-corrected chi connectivity index (χ1v) is 6.93. The van der Waals surface area contributed by atoms with Gasteiger partial charge in [-0.25, -0.2) is 0 Å². The summed E-state index contributed by atoms with van der Waals surface area (Å²) in [6.45, 7) is 0.600. The Morgan fingerprint density at radius 3 is 2.38 bits per heavy atom. The molecule has 21 heavy (non-hydrogen) atoms. The smallest absolute Gasteiger partial charge is 0.406 e. The highest BCUT2D eigenvalue weighted by Crippen LogP contribution is 2.32. The molecule has 1 fully saturated rings. The van der Waals surface area contributed by atoms with Crippen LogP contribution in [0.25, 0.3) is 0 Å². The van der Waals surface area contributed by atoms with Crippen LogP contribution in [0, 0.1) is 5.92 Å². The van der Waals surface area contributed by atoms with Gasteiger partial charge >= 0.3 is 6.36 Å². The van der Waals surface area contributed by atoms with Crippen molar-refractivity contribution in [2.75, 3.05) is 13.6 Å². The zero-order chi connectivity index (χ0) is 15.6. The fourth-order valence-electron chi connectivity index (χ4n) is 2.29. The average Bonchev–Trinajstić information content (AvgIpc) is 2.35. The Hall–Kier alpha value is -1.43. The number of benzene rings is 1. The fraction of sp³-hybridized carbons (Fsp3) is 0.500. The second-order valence-electron chi connectivity index (χ2n) is 5.19. The molecule has 0 aliphatic heterocycles. The minimum atomic E-state index is -4.73. The molecule has 1 aliphatic rings. The van der Waals surface area contributed by atoms with Crippen molar-refractivity contribution in [1.82, 2.24) is 4.90 Å². The van der Waals surface area contributed by atoms with E-state index in [2.05, 4.69) is 4.74 Å². The first kappa shape index (κ1) is 15.9. The van der Waals surface area contributed by atoms with E-state index in [1.807, 2.05) is 0 Å². The Bertz CT molecular complexity index is 498. The lowest BCUT2D eigenvalue weighted by atomic mass is 9.84. The summed E-state index contributed by atoms with van der Waals surface area (Å²) in [5, 5.41) is 0.192. The number of rotatable bonds is 4. The summed E-state index contributed by atoms with van der Waals surface area (Å²) >= 11 is 5.88. The van der Waals surface area contributed by atoms with Gasteiger partial charge < -0.3 is 9.64 Å². The van der Waals surface area contributed by atoms with Crippen molar-refractivity contribution < 1.29 is 22.7 Å². The second-order valence-corrected chi connectivity index (χ2v) is 5.81. The van der Waals surface area contributed by atoms with E-state index in [9.17, 15) is 18.0 Å². The lowest BCUT2D eigenvalue weighted by Gasteiger charge is -2.34. The third-order valence-corrected chi connectivity index (χ3v) is 3.75. The maximum atomic E-state index is 12.1. The van der Waals surface area contributed by atoms with Crippen molar-refractivity contribution >= 4 is 17.5 Å². The number of carbonyl (C=O) groups excluding carboxylic acids is 1. The molecule has 0 spiro atoms. The maximum absolute atomic E-state index is 12.1. The van der Waals surface area contributed by atoms with Crippen LogP contribution in [0.2, 0.25) is 0 Å². The van der Waals surface area contributed by atoms with Crippen molar-refractivity contribution in [3.63, 3.8) is 0 Å². The first-order chi connectivity index (χ1) is 9.74. The first-order valence-electron chi connectivity index (χ1n) is 6.50. The van der Waals surface area contributed by atoms with Gasteiger partial charge in [-0.3, -0.25) is 4.79 Å². The van der Waals surface area contributed by atoms with Crippen LogP contribution in [0.1, 0.15) is 23.2 Å². The molecular formula is C14H15ClF3NO2. The molecule has 1 amide bonds. The van der Waals surface area contributed by atoms with Crippen LogP contribution in [0.4, 0.5) is 13.2 Å². The zero-order valence-corrected chi connectivity index (χ0v) is 12.1. The molecule has 0 aromatic heterocycles. The number of amides is 1. The third-order valence-electron chi connectivity index (χ3n) is 3.39. The number of alkyl halides is 4. The molecule has 0 atom stereocenters. The summed E-state index contributed by atoms with van der Waals surface area (Å²) in [6.07, 6.45) is -2.96. The van der Waals surface area contributed by atoms with Gasteiger partial charge in [-0.1, -0.05) is 0 Å². The van der Waals surface area contributed by atoms with Gasteiger partial charge in [0.2, 0.25) is 0 Å². The van der Waals surface area contributed by atoms with E-state index >= 15 is 0 Å². The minimum absolute atomic E-state index is 0.192. The molecule has 116 valence electrons. The van der Waals surface area contributed by atoms with Crippen molar-refractivity contribution in [3.05, 3.63) is 29.8 Å². The van der Waals surface area contributed by atoms with Crippen LogP contribution < -0.4 is 4.74 Å². The zero-order valence-electron chi connectivity index (χ0n) is 11.4. The molecule has 0 heterocycles. The largest absolute Gasteiger partial charge is 0.573 e. The molecule has 0 bridgehead atoms. The fourth-order valence-corrected chi connectivity index (χ4v) is 2.80. The number of hydrogen-bond acceptors (Lipinski definition) is 2. The monoisotopic (exact) mass is 321 g/mol. The number of halogens is 4. The lowest BCUT2D eigenvalue weighted by Crippen LogP contribution is -2.37. The third kappa shape index (κ3) is 4.52. The Kier molecular flexibility index (Phi) is 4.66. The van der Waals surface area contributed by atoms with E-state index in [0.29, 0.717) is 18.0 Å². The molecule has 1 aliphatic carbocycles. The van der Waals surface area contributed by atoms with E-state index in [1.165, 1.54) is 12.1 Å². The molecule has 0 N–H and O–H groups in total. The molecular weight excluding hydrogens is 307 g/mol. The van der Waals surface area contributed by atoms with E-state index in [1.54, 1.807) is 11.9 Å². The van der Waals surface area contributed by atoms with Crippen molar-refractivity contribution in [3.8, 4) is 5.75 Å². The van der Waals surface area contributed by atoms with Gasteiger partial charge in [-0.15, -0.1) is 24.8 Å². The highest BCUT2D eigenvalue weighted by Gasteiger charge is 2.31. The highest BCUT2D eigenvalue weighted by atomic mass is 35.5. The predicted octanol–water partition coefficient (Wildman–Crippen LogP) is 3.67. The van der Waals surface area contributed by atoms with E-state index in [-0.39, 0.29) is 17.0 Å². The summed E-state index contributed by atoms with van der Waals surface area (Å²) in [7, 11) is 1.67. The Morgan fingerprint density at radius 1 is 1.33 bits per heavy atom. The summed E-state index contributed by atoms with van der Waals surface area (Å²) in [5.74, 6) is -0.174. The Balaban J connectivity index is 1.93. The van der Waals surface area contributed by atoms with Crippen LogP contribution in [-0.4, -0.2) is 36.1 Å². The van der Waals surface area contributed by atoms with Gasteiger partial charge in [0.1, 0.15) is 5.75 Å². The highest BCUT2D eigenvalue weighted by molar-refractivity contribution is 6.21. The van der Waals surface area contributed by atoms with Crippen molar-refractivity contribution in [2.24, 2.45) is 5.92 Å². The van der Waals surface area contributed by atoms with Crippen LogP contribution in [0.15, 0.2) is 24.3 Å². The van der Waals surface area contributed by atoms with Gasteiger partial charge in [-0.2, -0.15) is 0 Å². The van der Waals surface area contributed by atoms with Crippen LogP contribution in [0.3, 0.4) is 0 Å². The Morgan fingerprint density at radius 2 is 1.90 bits per heavy atom. The molecule has 0 unspecified atom stereocenters. The van der Waals surface area contributed by atoms with Gasteiger partial charge in [-0.05, 0) is 43.0 Å². The standard InChI is InChI=1S/C14H15ClF3NO2/c1-19(8-9-6-11(15)7-9)13(20)10-2-4-12(5-3-10)21-14(16,17)18/h2-5,9,11H,6-8H2,1H3. The molecule has 1 aromatic rings. The van der Waals surface area contributed by atoms with Crippen LogP contribution in [-0.2, 0) is 0 Å². The molecule has 1 aromatic carbocycles. The van der Waals surface area contributed by atoms with Gasteiger partial charge in [0.05, 0.1) is 0 Å². The summed E-state index contributed by atoms with van der Waals surface area (Å²) in [4.78, 5) is 13.7. The summed E-state index contributed by atoms with van der Waals surface area (Å²) < 4.78 is 39.9. The molecule has 3 nitrogen and oxygen atoms in total. The van der Waals surface area contributed by atoms with Gasteiger partial charge in [0, 0.05) is 24.5 Å². The van der Waals surface area contributed by atoms with Crippen molar-refractivity contribution in [2.45, 2.75) is 24.6 Å². The normalized spacial score (nSPS) is 21.6. The second kappa shape index (κ2) is 6.13. The summed E-state index contributed by atoms with van der Waals surface area (Å²) in [6, 6.07) is 4.91. The Labute approximate surface area is 125 Å². The number of nitrogens with zero attached hydrogens (tertiary/aromatic N) is 1. The number of hydrogen-bond donors (Lipinski definition) is 0. The molecule has 7 heteroatoms. The number of ether oxygens (including phenoxy) is 1. The number of carbonyl (C=O) groups is 1. The molecule has 1 saturated carbocycles. The summed E-state index contributed by atoms with van der Waals surface area (Å²) in [5.41, 5.74) is 0.328. The SMILES string of the molecule is CN(CC1CC(Cl)C1)C(=O)c1ccc(OC(F)(F)F)cc1. The van der Waals surface area contributed by atoms with Crippen molar-refractivity contribution in [1.29, 1.82) is 0 Å². The van der Waals surface area contributed by atoms with Crippen LogP contribution in [0.5, 0.6) is 5.75 Å². The minimum Gasteiger partial charge on any atom is -0.406 e. The maximum Gasteiger partial charge on any atom is 0.573 e. The molecule has 2 rings (SSSR count). The lowest BCUT2D eigenvalue weighted by molar-refractivity contribution is -0.274. The molecule has 0 saturated heterocycles. The predicted molar refractivity (Wildman–Crippen MR) is 72.5 cm³/mol. The quantitative estimate of drug-likeness (QED) is 0.792. The van der Waals surface area contributed by atoms with Gasteiger partial charge in [0.15, 0.2) is 0 Å². The van der Waals surface area contributed by atoms with Crippen LogP contribution >= 0.6 is 11.6 Å². The topological polar surface area (TPSA) is 29.5 Å². The van der Waals surface area contributed by atoms with E-state index in [4.69, 9.17) is 11.6 Å². The van der Waals surface area contributed by atoms with E-state index < -0.39 is 6.36 Å². The van der Waals surface area contributed by atoms with Gasteiger partial charge in [0.25, 0.3) is 5.91 Å².